The van der Waals surface area contributed by atoms with Gasteiger partial charge in [0.15, 0.2) is 0 Å². The van der Waals surface area contributed by atoms with E-state index < -0.39 is 0 Å². The normalized spacial score (nSPS) is 10.0. The van der Waals surface area contributed by atoms with Crippen LogP contribution < -0.4 is 0 Å². The number of rotatable bonds is 0. The average Bonchev–Trinajstić information content (AvgIpc) is 0.722. The number of hydrogen-bond acceptors (Lipinski definition) is 1. The van der Waals surface area contributed by atoms with E-state index in [1.807, 2.05) is 21.1 Å². The third-order valence-corrected chi connectivity index (χ3v) is 0. The topological polar surface area (TPSA) is 0 Å². The van der Waals surface area contributed by atoms with Gasteiger partial charge in [0.1, 0.15) is 0 Å². The van der Waals surface area contributed by atoms with E-state index in [9.17, 15) is 0 Å². The van der Waals surface area contributed by atoms with Crippen molar-refractivity contribution in [3.05, 3.63) is 0 Å². The highest BCUT2D eigenvalue weighted by Crippen LogP contribution is 1.90. The molecule has 40 valence electrons. The van der Waals surface area contributed by atoms with Crippen molar-refractivity contribution in [2.75, 3.05) is 21.1 Å². The Hall–Kier alpha value is 1.04. The molecule has 0 aliphatic rings. The first-order valence-electron chi connectivity index (χ1n) is 1.54. The van der Waals surface area contributed by atoms with Crippen LogP contribution in [0.15, 0.2) is 0 Å². The van der Waals surface area contributed by atoms with Crippen LogP contribution in [0.25, 0.3) is 0 Å². The minimum Gasteiger partial charge on any atom is -0.271 e. The van der Waals surface area contributed by atoms with Crippen molar-refractivity contribution in [3.63, 3.8) is 0 Å². The summed E-state index contributed by atoms with van der Waals surface area (Å²) < 4.78 is 0.694. The summed E-state index contributed by atoms with van der Waals surface area (Å²) in [6.45, 7) is 0. The van der Waals surface area contributed by atoms with E-state index in [0.29, 0.717) is 3.89 Å². The van der Waals surface area contributed by atoms with Crippen LogP contribution in [-0.4, -0.2) is 25.0 Å². The molecule has 6 heavy (non-hydrogen) atoms. The van der Waals surface area contributed by atoms with Crippen LogP contribution in [-0.2, 0) is 0 Å². The van der Waals surface area contributed by atoms with Crippen molar-refractivity contribution in [2.45, 2.75) is 0 Å². The highest BCUT2D eigenvalue weighted by Gasteiger charge is 1.91. The molecule has 0 aromatic rings. The molecule has 0 aromatic heterocycles. The number of hydrogen-bond donors (Lipinski definition) is 1. The maximum atomic E-state index is 4.06. The second-order valence-corrected chi connectivity index (χ2v) is 3.14. The minimum absolute atomic E-state index is 0. The zero-order chi connectivity index (χ0) is 4.50. The Morgan fingerprint density at radius 3 is 1.17 bits per heavy atom. The molecule has 0 bridgehead atoms. The first kappa shape index (κ1) is 10.1. The Balaban J connectivity index is 0. The fourth-order valence-corrected chi connectivity index (χ4v) is 0. The third kappa shape index (κ3) is 76.1. The van der Waals surface area contributed by atoms with Gasteiger partial charge in [0.2, 0.25) is 0 Å². The van der Waals surface area contributed by atoms with Gasteiger partial charge in [0.05, 0.1) is 34.0 Å². The molecule has 0 saturated carbocycles. The van der Waals surface area contributed by atoms with Gasteiger partial charge in [0.25, 0.3) is 0 Å². The molecule has 0 N–H and O–H groups in total. The van der Waals surface area contributed by atoms with E-state index in [1.54, 1.807) is 0 Å². The summed E-state index contributed by atoms with van der Waals surface area (Å²) in [7, 11) is 5.97. The molecule has 0 spiro atoms. The Labute approximate surface area is 61.9 Å². The van der Waals surface area contributed by atoms with Gasteiger partial charge in [-0.25, -0.2) is 0 Å². The predicted molar refractivity (Wildman–Crippen MR) is 42.4 cm³/mol. The van der Waals surface area contributed by atoms with Gasteiger partial charge >= 0.3 is 0 Å². The van der Waals surface area contributed by atoms with Crippen LogP contribution in [0.5, 0.6) is 0 Å². The molecule has 3 heteroatoms. The van der Waals surface area contributed by atoms with Crippen molar-refractivity contribution in [2.24, 2.45) is 0 Å². The number of quaternary nitrogens is 1. The van der Waals surface area contributed by atoms with Crippen LogP contribution in [0.2, 0.25) is 0 Å². The molecule has 0 aliphatic heterocycles. The van der Waals surface area contributed by atoms with E-state index in [-0.39, 0.29) is 24.0 Å². The fraction of sp³-hybridized carbons (Fsp3) is 1.00. The first-order chi connectivity index (χ1) is 2.00. The Kier molecular flexibility index (Phi) is 5.22. The first-order valence-corrected chi connectivity index (χ1v) is 1.94. The number of thiol groups is 1. The highest BCUT2D eigenvalue weighted by molar-refractivity contribution is 14.0. The third-order valence-electron chi connectivity index (χ3n) is 0. The van der Waals surface area contributed by atoms with E-state index in [4.69, 9.17) is 0 Å². The van der Waals surface area contributed by atoms with Gasteiger partial charge in [-0.15, -0.1) is 24.0 Å². The van der Waals surface area contributed by atoms with Crippen LogP contribution >= 0.6 is 36.8 Å². The van der Waals surface area contributed by atoms with E-state index in [2.05, 4.69) is 12.8 Å². The van der Waals surface area contributed by atoms with Gasteiger partial charge in [-0.05, 0) is 0 Å². The summed E-state index contributed by atoms with van der Waals surface area (Å²) in [6.07, 6.45) is 0. The van der Waals surface area contributed by atoms with Crippen molar-refractivity contribution in [1.29, 1.82) is 0 Å². The lowest BCUT2D eigenvalue weighted by molar-refractivity contribution is -0.722. The average molecular weight is 220 g/mol. The molecule has 0 amide bonds. The van der Waals surface area contributed by atoms with E-state index >= 15 is 0 Å². The molecule has 0 unspecified atom stereocenters. The molecule has 0 rings (SSSR count). The molecular weight excluding hydrogens is 209 g/mol. The molecule has 0 atom stereocenters. The molecule has 0 radical (unpaired) electrons. The second kappa shape index (κ2) is 3.10. The van der Waals surface area contributed by atoms with Crippen LogP contribution in [0.1, 0.15) is 0 Å². The van der Waals surface area contributed by atoms with Crippen molar-refractivity contribution >= 4 is 36.8 Å². The Morgan fingerprint density at radius 2 is 1.17 bits per heavy atom. The van der Waals surface area contributed by atoms with Crippen molar-refractivity contribution in [1.82, 2.24) is 0 Å². The molecule has 1 nitrogen and oxygen atoms in total. The second-order valence-electron chi connectivity index (χ2n) is 1.94. The molecule has 0 saturated heterocycles. The maximum absolute atomic E-state index is 4.06. The number of halogens is 1. The largest absolute Gasteiger partial charge is 0.271 e. The van der Waals surface area contributed by atoms with Gasteiger partial charge < -0.3 is 0 Å². The van der Waals surface area contributed by atoms with Gasteiger partial charge in [-0.3, -0.25) is 3.89 Å². The summed E-state index contributed by atoms with van der Waals surface area (Å²) in [6, 6.07) is 0. The summed E-state index contributed by atoms with van der Waals surface area (Å²) >= 11 is 4.06. The maximum Gasteiger partial charge on any atom is 0.0781 e. The summed E-state index contributed by atoms with van der Waals surface area (Å²) in [5.41, 5.74) is 0. The SMILES string of the molecule is C[N+](C)(C)S.I. The van der Waals surface area contributed by atoms with Crippen molar-refractivity contribution in [3.8, 4) is 0 Å². The Bertz CT molecular complexity index is 26.3. The lowest BCUT2D eigenvalue weighted by Gasteiger charge is -2.11. The molecular formula is C3H11INS+. The van der Waals surface area contributed by atoms with Gasteiger partial charge in [-0.2, -0.15) is 0 Å². The zero-order valence-corrected chi connectivity index (χ0v) is 7.53. The minimum atomic E-state index is 0. The van der Waals surface area contributed by atoms with E-state index in [1.165, 1.54) is 0 Å². The predicted octanol–water partition coefficient (Wildman–Crippen LogP) is 1.16. The zero-order valence-electron chi connectivity index (χ0n) is 4.30. The highest BCUT2D eigenvalue weighted by atomic mass is 127. The van der Waals surface area contributed by atoms with E-state index in [0.717, 1.165) is 0 Å². The summed E-state index contributed by atoms with van der Waals surface area (Å²) in [5, 5.41) is 0. The number of nitrogens with zero attached hydrogens (tertiary/aromatic N) is 1. The molecule has 0 aromatic carbocycles. The summed E-state index contributed by atoms with van der Waals surface area (Å²) in [5.74, 6) is 0. The molecule has 0 heterocycles. The molecule has 0 aliphatic carbocycles. The lowest BCUT2D eigenvalue weighted by Crippen LogP contribution is -2.20. The standard InChI is InChI=1S/C3H10NS.HI/c1-4(2,3)5;/h5H,1-3H3;1H/q+1;. The van der Waals surface area contributed by atoms with Gasteiger partial charge in [-0.1, -0.05) is 0 Å². The monoisotopic (exact) mass is 220 g/mol. The van der Waals surface area contributed by atoms with Gasteiger partial charge in [0, 0.05) is 0 Å². The summed E-state index contributed by atoms with van der Waals surface area (Å²) in [4.78, 5) is 0. The van der Waals surface area contributed by atoms with Crippen LogP contribution in [0, 0.1) is 0 Å². The van der Waals surface area contributed by atoms with Crippen LogP contribution in [0.3, 0.4) is 0 Å². The Morgan fingerprint density at radius 1 is 1.17 bits per heavy atom. The lowest BCUT2D eigenvalue weighted by atomic mass is 11.0. The molecule has 0 fully saturated rings. The quantitative estimate of drug-likeness (QED) is 0.353. The van der Waals surface area contributed by atoms with Crippen molar-refractivity contribution < 1.29 is 3.89 Å². The van der Waals surface area contributed by atoms with Crippen LogP contribution in [0.4, 0.5) is 0 Å². The smallest absolute Gasteiger partial charge is 0.0781 e. The fourth-order valence-electron chi connectivity index (χ4n) is 0.